The molecule has 2 aromatic heterocycles. The van der Waals surface area contributed by atoms with Crippen LogP contribution in [0.2, 0.25) is 0 Å². The minimum atomic E-state index is -0.576. The van der Waals surface area contributed by atoms with Crippen molar-refractivity contribution in [1.29, 1.82) is 0 Å². The Morgan fingerprint density at radius 3 is 2.63 bits per heavy atom. The van der Waals surface area contributed by atoms with Gasteiger partial charge in [0.25, 0.3) is 0 Å². The van der Waals surface area contributed by atoms with E-state index in [1.54, 1.807) is 6.07 Å². The molecule has 0 aliphatic rings. The number of rotatable bonds is 4. The van der Waals surface area contributed by atoms with Crippen molar-refractivity contribution in [3.8, 4) is 28.0 Å². The van der Waals surface area contributed by atoms with Crippen molar-refractivity contribution < 1.29 is 19.2 Å². The molecule has 0 atom stereocenters. The molecule has 0 fully saturated rings. The first-order valence-electron chi connectivity index (χ1n) is 7.54. The number of nitro groups is 1. The van der Waals surface area contributed by atoms with Gasteiger partial charge in [-0.3, -0.25) is 10.1 Å². The number of aromatic hydroxyl groups is 1. The standard InChI is InChI=1S/C17H9FN4O4S/c18-10-2-4-11(5-3-10)26-13-6-1-9(7-12(13)22(24)25)16-21-14-15(23)19-8-20-17(14)27-16/h1-8H,(H,19,20,23). The molecule has 0 saturated heterocycles. The molecule has 10 heteroatoms. The van der Waals surface area contributed by atoms with E-state index < -0.39 is 10.7 Å². The van der Waals surface area contributed by atoms with Crippen molar-refractivity contribution in [3.05, 3.63) is 64.7 Å². The number of fused-ring (bicyclic) bond motifs is 1. The molecule has 0 aliphatic heterocycles. The predicted molar refractivity (Wildman–Crippen MR) is 95.4 cm³/mol. The third-order valence-corrected chi connectivity index (χ3v) is 4.63. The number of thiazole rings is 1. The van der Waals surface area contributed by atoms with Crippen LogP contribution in [-0.4, -0.2) is 25.0 Å². The molecule has 27 heavy (non-hydrogen) atoms. The lowest BCUT2D eigenvalue weighted by molar-refractivity contribution is -0.385. The van der Waals surface area contributed by atoms with E-state index in [9.17, 15) is 19.6 Å². The maximum Gasteiger partial charge on any atom is 0.312 e. The van der Waals surface area contributed by atoms with Gasteiger partial charge >= 0.3 is 5.69 Å². The third-order valence-electron chi connectivity index (χ3n) is 3.62. The number of hydrogen-bond acceptors (Lipinski definition) is 8. The molecule has 0 aliphatic carbocycles. The van der Waals surface area contributed by atoms with Gasteiger partial charge in [-0.2, -0.15) is 4.98 Å². The second-order valence-corrected chi connectivity index (χ2v) is 6.34. The van der Waals surface area contributed by atoms with Gasteiger partial charge in [0.2, 0.25) is 11.6 Å². The Morgan fingerprint density at radius 1 is 1.15 bits per heavy atom. The smallest absolute Gasteiger partial charge is 0.312 e. The topological polar surface area (TPSA) is 111 Å². The summed E-state index contributed by atoms with van der Waals surface area (Å²) in [6.07, 6.45) is 1.21. The van der Waals surface area contributed by atoms with Crippen LogP contribution in [-0.2, 0) is 0 Å². The number of nitro benzene ring substituents is 1. The van der Waals surface area contributed by atoms with Gasteiger partial charge in [-0.1, -0.05) is 11.3 Å². The van der Waals surface area contributed by atoms with E-state index in [4.69, 9.17) is 4.74 Å². The molecule has 134 valence electrons. The number of ether oxygens (including phenoxy) is 1. The molecule has 0 bridgehead atoms. The molecule has 1 N–H and O–H groups in total. The molecular formula is C17H9FN4O4S. The molecule has 8 nitrogen and oxygen atoms in total. The summed E-state index contributed by atoms with van der Waals surface area (Å²) in [4.78, 5) is 23.3. The quantitative estimate of drug-likeness (QED) is 0.412. The van der Waals surface area contributed by atoms with Crippen molar-refractivity contribution in [2.24, 2.45) is 0 Å². The molecule has 0 amide bonds. The summed E-state index contributed by atoms with van der Waals surface area (Å²) in [6, 6.07) is 9.52. The van der Waals surface area contributed by atoms with Gasteiger partial charge in [-0.15, -0.1) is 0 Å². The van der Waals surface area contributed by atoms with Crippen LogP contribution < -0.4 is 4.74 Å². The van der Waals surface area contributed by atoms with E-state index >= 15 is 0 Å². The van der Waals surface area contributed by atoms with Crippen molar-refractivity contribution in [3.63, 3.8) is 0 Å². The van der Waals surface area contributed by atoms with E-state index in [2.05, 4.69) is 15.0 Å². The van der Waals surface area contributed by atoms with Crippen molar-refractivity contribution in [1.82, 2.24) is 15.0 Å². The van der Waals surface area contributed by atoms with Gasteiger partial charge in [0.15, 0.2) is 10.3 Å². The molecule has 4 aromatic rings. The average molecular weight is 384 g/mol. The summed E-state index contributed by atoms with van der Waals surface area (Å²) in [5.74, 6) is -0.408. The Balaban J connectivity index is 1.74. The minimum absolute atomic E-state index is 0.0131. The Bertz CT molecular complexity index is 1160. The minimum Gasteiger partial charge on any atom is -0.492 e. The van der Waals surface area contributed by atoms with Crippen LogP contribution in [0.5, 0.6) is 17.4 Å². The number of aromatic nitrogens is 3. The zero-order valence-corrected chi connectivity index (χ0v) is 14.2. The van der Waals surface area contributed by atoms with Crippen LogP contribution in [0.25, 0.3) is 20.9 Å². The molecule has 0 saturated carbocycles. The number of halogens is 1. The molecule has 2 aromatic carbocycles. The van der Waals surface area contributed by atoms with Crippen LogP contribution in [0.15, 0.2) is 48.8 Å². The fourth-order valence-electron chi connectivity index (χ4n) is 2.37. The summed E-state index contributed by atoms with van der Waals surface area (Å²) in [6.45, 7) is 0. The normalized spacial score (nSPS) is 10.9. The Morgan fingerprint density at radius 2 is 1.93 bits per heavy atom. The Kier molecular flexibility index (Phi) is 4.09. The average Bonchev–Trinajstić information content (AvgIpc) is 3.09. The van der Waals surface area contributed by atoms with Crippen LogP contribution in [0.1, 0.15) is 0 Å². The first kappa shape index (κ1) is 16.8. The largest absolute Gasteiger partial charge is 0.492 e. The molecular weight excluding hydrogens is 375 g/mol. The first-order chi connectivity index (χ1) is 13.0. The van der Waals surface area contributed by atoms with Crippen molar-refractivity contribution >= 4 is 27.4 Å². The van der Waals surface area contributed by atoms with Crippen LogP contribution in [0, 0.1) is 15.9 Å². The Labute approximate surface area is 154 Å². The number of benzene rings is 2. The third kappa shape index (κ3) is 3.25. The molecule has 0 spiro atoms. The first-order valence-corrected chi connectivity index (χ1v) is 8.35. The second-order valence-electron chi connectivity index (χ2n) is 5.37. The number of hydrogen-bond donors (Lipinski definition) is 1. The van der Waals surface area contributed by atoms with Gasteiger partial charge in [0, 0.05) is 11.6 Å². The maximum absolute atomic E-state index is 13.0. The summed E-state index contributed by atoms with van der Waals surface area (Å²) in [5, 5.41) is 21.6. The lowest BCUT2D eigenvalue weighted by atomic mass is 10.2. The highest BCUT2D eigenvalue weighted by Crippen LogP contribution is 2.38. The van der Waals surface area contributed by atoms with Crippen LogP contribution in [0.4, 0.5) is 10.1 Å². The number of nitrogens with zero attached hydrogens (tertiary/aromatic N) is 4. The highest BCUT2D eigenvalue weighted by molar-refractivity contribution is 7.21. The van der Waals surface area contributed by atoms with Crippen molar-refractivity contribution in [2.75, 3.05) is 0 Å². The van der Waals surface area contributed by atoms with Crippen LogP contribution in [0.3, 0.4) is 0 Å². The summed E-state index contributed by atoms with van der Waals surface area (Å²) in [7, 11) is 0. The molecule has 4 rings (SSSR count). The zero-order chi connectivity index (χ0) is 19.0. The van der Waals surface area contributed by atoms with E-state index in [1.807, 2.05) is 0 Å². The second kappa shape index (κ2) is 6.57. The molecule has 2 heterocycles. The SMILES string of the molecule is O=[N+]([O-])c1cc(-c2nc3c(O)ncnc3s2)ccc1Oc1ccc(F)cc1. The van der Waals surface area contributed by atoms with Crippen molar-refractivity contribution in [2.45, 2.75) is 0 Å². The van der Waals surface area contributed by atoms with E-state index in [0.29, 0.717) is 15.4 Å². The Hall–Kier alpha value is -3.66. The zero-order valence-electron chi connectivity index (χ0n) is 13.4. The molecule has 0 radical (unpaired) electrons. The van der Waals surface area contributed by atoms with E-state index in [-0.39, 0.29) is 28.6 Å². The van der Waals surface area contributed by atoms with Gasteiger partial charge < -0.3 is 9.84 Å². The van der Waals surface area contributed by atoms with E-state index in [0.717, 1.165) is 0 Å². The summed E-state index contributed by atoms with van der Waals surface area (Å²) >= 11 is 1.17. The van der Waals surface area contributed by atoms with Gasteiger partial charge in [-0.05, 0) is 36.4 Å². The van der Waals surface area contributed by atoms with Gasteiger partial charge in [0.05, 0.1) is 4.92 Å². The summed E-state index contributed by atoms with van der Waals surface area (Å²) in [5.41, 5.74) is 0.425. The summed E-state index contributed by atoms with van der Waals surface area (Å²) < 4.78 is 18.5. The highest BCUT2D eigenvalue weighted by Gasteiger charge is 2.20. The highest BCUT2D eigenvalue weighted by atomic mass is 32.1. The molecule has 0 unspecified atom stereocenters. The maximum atomic E-state index is 13.0. The predicted octanol–water partition coefficient (Wildman–Crippen LogP) is 4.30. The lowest BCUT2D eigenvalue weighted by Gasteiger charge is -2.07. The van der Waals surface area contributed by atoms with Crippen LogP contribution >= 0.6 is 11.3 Å². The van der Waals surface area contributed by atoms with E-state index in [1.165, 1.54) is 54.1 Å². The lowest BCUT2D eigenvalue weighted by Crippen LogP contribution is -1.94. The fourth-order valence-corrected chi connectivity index (χ4v) is 3.27. The fraction of sp³-hybridized carbons (Fsp3) is 0. The van der Waals surface area contributed by atoms with Gasteiger partial charge in [0.1, 0.15) is 22.9 Å². The van der Waals surface area contributed by atoms with Gasteiger partial charge in [-0.25, -0.2) is 14.4 Å². The monoisotopic (exact) mass is 384 g/mol.